The number of hydrogen-bond acceptors (Lipinski definition) is 6. The molecule has 0 amide bonds. The summed E-state index contributed by atoms with van der Waals surface area (Å²) >= 11 is 0. The van der Waals surface area contributed by atoms with Gasteiger partial charge in [-0.2, -0.15) is 10.1 Å². The van der Waals surface area contributed by atoms with Gasteiger partial charge < -0.3 is 15.0 Å². The number of anilines is 1. The standard InChI is InChI=1S/C14H15N5O2/c1-19-13(15)11(8-16-19)14-17-12(18-21-14)7-9-3-5-10(20-2)6-4-9/h3-6,8H,7,15H2,1-2H3. The van der Waals surface area contributed by atoms with E-state index in [-0.39, 0.29) is 0 Å². The average molecular weight is 285 g/mol. The summed E-state index contributed by atoms with van der Waals surface area (Å²) in [7, 11) is 3.40. The fourth-order valence-corrected chi connectivity index (χ4v) is 1.97. The van der Waals surface area contributed by atoms with Gasteiger partial charge in [0.25, 0.3) is 5.89 Å². The Morgan fingerprint density at radius 1 is 1.29 bits per heavy atom. The topological polar surface area (TPSA) is 92.0 Å². The van der Waals surface area contributed by atoms with Gasteiger partial charge in [-0.3, -0.25) is 4.68 Å². The van der Waals surface area contributed by atoms with Crippen molar-refractivity contribution < 1.29 is 9.26 Å². The van der Waals surface area contributed by atoms with Crippen molar-refractivity contribution in [2.75, 3.05) is 12.8 Å². The maximum atomic E-state index is 5.89. The van der Waals surface area contributed by atoms with E-state index in [0.29, 0.717) is 29.5 Å². The molecule has 0 aliphatic rings. The van der Waals surface area contributed by atoms with Crippen LogP contribution in [-0.2, 0) is 13.5 Å². The fourth-order valence-electron chi connectivity index (χ4n) is 1.97. The van der Waals surface area contributed by atoms with Gasteiger partial charge in [0, 0.05) is 13.5 Å². The number of rotatable bonds is 4. The third-order valence-electron chi connectivity index (χ3n) is 3.20. The zero-order chi connectivity index (χ0) is 14.8. The van der Waals surface area contributed by atoms with E-state index in [9.17, 15) is 0 Å². The minimum absolute atomic E-state index is 0.379. The van der Waals surface area contributed by atoms with Crippen molar-refractivity contribution in [1.82, 2.24) is 19.9 Å². The molecule has 3 rings (SSSR count). The molecule has 0 aliphatic carbocycles. The van der Waals surface area contributed by atoms with E-state index < -0.39 is 0 Å². The normalized spacial score (nSPS) is 10.8. The molecule has 108 valence electrons. The maximum absolute atomic E-state index is 5.89. The Labute approximate surface area is 121 Å². The van der Waals surface area contributed by atoms with Crippen LogP contribution in [0.15, 0.2) is 35.0 Å². The lowest BCUT2D eigenvalue weighted by molar-refractivity contribution is 0.414. The molecular weight excluding hydrogens is 270 g/mol. The van der Waals surface area contributed by atoms with Gasteiger partial charge >= 0.3 is 0 Å². The van der Waals surface area contributed by atoms with Crippen LogP contribution < -0.4 is 10.5 Å². The molecule has 0 saturated heterocycles. The second-order valence-electron chi connectivity index (χ2n) is 4.61. The Morgan fingerprint density at radius 2 is 2.05 bits per heavy atom. The van der Waals surface area contributed by atoms with E-state index in [2.05, 4.69) is 15.2 Å². The third kappa shape index (κ3) is 2.58. The van der Waals surface area contributed by atoms with E-state index in [1.54, 1.807) is 25.0 Å². The van der Waals surface area contributed by atoms with Crippen LogP contribution in [0, 0.1) is 0 Å². The van der Waals surface area contributed by atoms with Gasteiger partial charge in [0.1, 0.15) is 17.1 Å². The highest BCUT2D eigenvalue weighted by molar-refractivity contribution is 5.66. The van der Waals surface area contributed by atoms with Gasteiger partial charge in [0.2, 0.25) is 0 Å². The number of methoxy groups -OCH3 is 1. The second-order valence-corrected chi connectivity index (χ2v) is 4.61. The molecule has 7 nitrogen and oxygen atoms in total. The van der Waals surface area contributed by atoms with Crippen LogP contribution in [0.5, 0.6) is 5.75 Å². The number of ether oxygens (including phenoxy) is 1. The lowest BCUT2D eigenvalue weighted by Crippen LogP contribution is -1.98. The van der Waals surface area contributed by atoms with Crippen molar-refractivity contribution in [3.63, 3.8) is 0 Å². The van der Waals surface area contributed by atoms with Crippen molar-refractivity contribution in [3.05, 3.63) is 41.9 Å². The molecule has 1 aromatic carbocycles. The molecule has 2 aromatic heterocycles. The molecule has 7 heteroatoms. The zero-order valence-electron chi connectivity index (χ0n) is 11.8. The summed E-state index contributed by atoms with van der Waals surface area (Å²) in [5.74, 6) is 2.29. The number of aromatic nitrogens is 4. The Morgan fingerprint density at radius 3 is 2.67 bits per heavy atom. The summed E-state index contributed by atoms with van der Waals surface area (Å²) in [6.07, 6.45) is 2.19. The fraction of sp³-hybridized carbons (Fsp3) is 0.214. The summed E-state index contributed by atoms with van der Waals surface area (Å²) in [5, 5.41) is 8.03. The second kappa shape index (κ2) is 5.28. The zero-order valence-corrected chi connectivity index (χ0v) is 11.8. The average Bonchev–Trinajstić information content (AvgIpc) is 3.08. The van der Waals surface area contributed by atoms with Crippen LogP contribution in [0.4, 0.5) is 5.82 Å². The van der Waals surface area contributed by atoms with Crippen LogP contribution in [0.1, 0.15) is 11.4 Å². The van der Waals surface area contributed by atoms with E-state index in [0.717, 1.165) is 11.3 Å². The first kappa shape index (κ1) is 13.2. The number of nitrogens with zero attached hydrogens (tertiary/aromatic N) is 4. The molecule has 0 saturated carbocycles. The number of nitrogens with two attached hydrogens (primary N) is 1. The Balaban J connectivity index is 1.80. The molecule has 0 fully saturated rings. The largest absolute Gasteiger partial charge is 0.497 e. The van der Waals surface area contributed by atoms with Crippen LogP contribution in [0.2, 0.25) is 0 Å². The Bertz CT molecular complexity index is 745. The molecule has 0 bridgehead atoms. The van der Waals surface area contributed by atoms with Crippen LogP contribution in [0.3, 0.4) is 0 Å². The highest BCUT2D eigenvalue weighted by atomic mass is 16.5. The predicted octanol–water partition coefficient (Wildman–Crippen LogP) is 1.65. The van der Waals surface area contributed by atoms with Gasteiger partial charge in [0.05, 0.1) is 13.3 Å². The van der Waals surface area contributed by atoms with E-state index in [1.165, 1.54) is 0 Å². The molecule has 0 aliphatic heterocycles. The lowest BCUT2D eigenvalue weighted by Gasteiger charge is -2.00. The highest BCUT2D eigenvalue weighted by Crippen LogP contribution is 2.23. The first-order valence-electron chi connectivity index (χ1n) is 6.40. The van der Waals surface area contributed by atoms with Crippen LogP contribution in [-0.4, -0.2) is 27.0 Å². The molecule has 3 aromatic rings. The predicted molar refractivity (Wildman–Crippen MR) is 76.7 cm³/mol. The minimum atomic E-state index is 0.379. The summed E-state index contributed by atoms with van der Waals surface area (Å²) < 4.78 is 11.9. The summed E-state index contributed by atoms with van der Waals surface area (Å²) in [5.41, 5.74) is 7.60. The van der Waals surface area contributed by atoms with Gasteiger partial charge in [-0.15, -0.1) is 0 Å². The third-order valence-corrected chi connectivity index (χ3v) is 3.20. The number of benzene rings is 1. The van der Waals surface area contributed by atoms with E-state index in [4.69, 9.17) is 15.0 Å². The van der Waals surface area contributed by atoms with E-state index in [1.807, 2.05) is 24.3 Å². The van der Waals surface area contributed by atoms with Crippen molar-refractivity contribution in [1.29, 1.82) is 0 Å². The molecule has 0 spiro atoms. The van der Waals surface area contributed by atoms with Gasteiger partial charge in [0.15, 0.2) is 5.82 Å². The van der Waals surface area contributed by atoms with Crippen molar-refractivity contribution in [3.8, 4) is 17.2 Å². The molecule has 2 heterocycles. The smallest absolute Gasteiger partial charge is 0.263 e. The highest BCUT2D eigenvalue weighted by Gasteiger charge is 2.15. The van der Waals surface area contributed by atoms with Crippen LogP contribution in [0.25, 0.3) is 11.5 Å². The maximum Gasteiger partial charge on any atom is 0.263 e. The van der Waals surface area contributed by atoms with Crippen LogP contribution >= 0.6 is 0 Å². The summed E-state index contributed by atoms with van der Waals surface area (Å²) in [4.78, 5) is 4.35. The molecule has 0 unspecified atom stereocenters. The van der Waals surface area contributed by atoms with E-state index >= 15 is 0 Å². The summed E-state index contributed by atoms with van der Waals surface area (Å²) in [6.45, 7) is 0. The molecular formula is C14H15N5O2. The molecule has 2 N–H and O–H groups in total. The molecule has 0 radical (unpaired) electrons. The monoisotopic (exact) mass is 285 g/mol. The first-order valence-corrected chi connectivity index (χ1v) is 6.40. The van der Waals surface area contributed by atoms with Gasteiger partial charge in [-0.25, -0.2) is 0 Å². The molecule has 0 atom stereocenters. The number of nitrogen functional groups attached to an aromatic ring is 1. The first-order chi connectivity index (χ1) is 10.2. The minimum Gasteiger partial charge on any atom is -0.497 e. The number of aryl methyl sites for hydroxylation is 1. The number of hydrogen-bond donors (Lipinski definition) is 1. The van der Waals surface area contributed by atoms with Gasteiger partial charge in [-0.05, 0) is 17.7 Å². The SMILES string of the molecule is COc1ccc(Cc2noc(-c3cnn(C)c3N)n2)cc1. The summed E-state index contributed by atoms with van der Waals surface area (Å²) in [6, 6.07) is 7.73. The lowest BCUT2D eigenvalue weighted by atomic mass is 10.1. The quantitative estimate of drug-likeness (QED) is 0.783. The van der Waals surface area contributed by atoms with Crippen molar-refractivity contribution >= 4 is 5.82 Å². The van der Waals surface area contributed by atoms with Gasteiger partial charge in [-0.1, -0.05) is 17.3 Å². The Kier molecular flexibility index (Phi) is 3.31. The van der Waals surface area contributed by atoms with Crippen molar-refractivity contribution in [2.24, 2.45) is 7.05 Å². The Hall–Kier alpha value is -2.83. The molecule has 21 heavy (non-hydrogen) atoms. The van der Waals surface area contributed by atoms with Crippen molar-refractivity contribution in [2.45, 2.75) is 6.42 Å².